The van der Waals surface area contributed by atoms with Crippen LogP contribution in [0, 0.1) is 5.92 Å². The minimum absolute atomic E-state index is 0.0728. The van der Waals surface area contributed by atoms with Crippen LogP contribution in [0.25, 0.3) is 11.3 Å². The summed E-state index contributed by atoms with van der Waals surface area (Å²) < 4.78 is 6.76. The average molecular weight is 378 g/mol. The number of aromatic nitrogens is 5. The van der Waals surface area contributed by atoms with Crippen LogP contribution in [0.5, 0.6) is 5.88 Å². The Kier molecular flexibility index (Phi) is 5.27. The molecule has 1 fully saturated rings. The molecule has 0 aromatic carbocycles. The van der Waals surface area contributed by atoms with Gasteiger partial charge in [0, 0.05) is 55.9 Å². The van der Waals surface area contributed by atoms with E-state index in [1.807, 2.05) is 12.1 Å². The number of anilines is 1. The summed E-state index contributed by atoms with van der Waals surface area (Å²) in [5, 5.41) is 4.56. The predicted octanol–water partition coefficient (Wildman–Crippen LogP) is 2.02. The first-order valence-corrected chi connectivity index (χ1v) is 9.33. The minimum Gasteiger partial charge on any atom is -0.481 e. The molecule has 0 amide bonds. The summed E-state index contributed by atoms with van der Waals surface area (Å²) in [6.07, 6.45) is 7.06. The van der Waals surface area contributed by atoms with Crippen molar-refractivity contribution in [3.05, 3.63) is 59.3 Å². The van der Waals surface area contributed by atoms with Crippen LogP contribution in [0.2, 0.25) is 0 Å². The van der Waals surface area contributed by atoms with E-state index in [2.05, 4.69) is 25.0 Å². The van der Waals surface area contributed by atoms with Crippen LogP contribution >= 0.6 is 0 Å². The normalized spacial score (nSPS) is 14.8. The van der Waals surface area contributed by atoms with Gasteiger partial charge in [-0.1, -0.05) is 0 Å². The third-order valence-corrected chi connectivity index (χ3v) is 5.00. The van der Waals surface area contributed by atoms with Crippen LogP contribution in [0.3, 0.4) is 0 Å². The van der Waals surface area contributed by atoms with Crippen molar-refractivity contribution in [1.82, 2.24) is 24.7 Å². The fraction of sp³-hybridized carbons (Fsp3) is 0.350. The summed E-state index contributed by atoms with van der Waals surface area (Å²) in [5.74, 6) is 1.64. The van der Waals surface area contributed by atoms with Gasteiger partial charge in [-0.2, -0.15) is 10.1 Å². The first kappa shape index (κ1) is 18.1. The van der Waals surface area contributed by atoms with Gasteiger partial charge in [-0.3, -0.25) is 9.78 Å². The molecule has 0 N–H and O–H groups in total. The van der Waals surface area contributed by atoms with Crippen molar-refractivity contribution in [3.63, 3.8) is 0 Å². The van der Waals surface area contributed by atoms with Crippen LogP contribution in [0.15, 0.2) is 53.7 Å². The predicted molar refractivity (Wildman–Crippen MR) is 105 cm³/mol. The second-order valence-electron chi connectivity index (χ2n) is 6.80. The molecule has 0 atom stereocenters. The largest absolute Gasteiger partial charge is 0.481 e. The van der Waals surface area contributed by atoms with Gasteiger partial charge >= 0.3 is 0 Å². The number of piperidine rings is 1. The van der Waals surface area contributed by atoms with E-state index in [1.54, 1.807) is 48.6 Å². The van der Waals surface area contributed by atoms with E-state index < -0.39 is 0 Å². The Morgan fingerprint density at radius 1 is 1.07 bits per heavy atom. The molecule has 0 bridgehead atoms. The fourth-order valence-corrected chi connectivity index (χ4v) is 3.41. The van der Waals surface area contributed by atoms with Crippen LogP contribution in [0.4, 0.5) is 5.95 Å². The van der Waals surface area contributed by atoms with Crippen molar-refractivity contribution in [1.29, 1.82) is 0 Å². The molecule has 8 nitrogen and oxygen atoms in total. The van der Waals surface area contributed by atoms with E-state index in [0.717, 1.165) is 37.2 Å². The molecule has 0 unspecified atom stereocenters. The maximum absolute atomic E-state index is 12.3. The van der Waals surface area contributed by atoms with Gasteiger partial charge in [-0.15, -0.1) is 0 Å². The molecule has 3 aromatic heterocycles. The van der Waals surface area contributed by atoms with Gasteiger partial charge in [0.1, 0.15) is 0 Å². The molecule has 0 saturated carbocycles. The molecular weight excluding hydrogens is 356 g/mol. The van der Waals surface area contributed by atoms with Crippen LogP contribution < -0.4 is 15.2 Å². The SMILES string of the molecule is COc1ccnc(N2CCC(Cn3nc(-c4ccncc4)ccc3=O)CC2)n1. The lowest BCUT2D eigenvalue weighted by atomic mass is 9.97. The Morgan fingerprint density at radius 3 is 2.61 bits per heavy atom. The van der Waals surface area contributed by atoms with Gasteiger partial charge < -0.3 is 9.64 Å². The van der Waals surface area contributed by atoms with E-state index >= 15 is 0 Å². The summed E-state index contributed by atoms with van der Waals surface area (Å²) in [6.45, 7) is 2.30. The summed E-state index contributed by atoms with van der Waals surface area (Å²) in [7, 11) is 1.60. The van der Waals surface area contributed by atoms with Gasteiger partial charge in [-0.25, -0.2) is 9.67 Å². The van der Waals surface area contributed by atoms with Crippen molar-refractivity contribution < 1.29 is 4.74 Å². The topological polar surface area (TPSA) is 86.0 Å². The highest BCUT2D eigenvalue weighted by molar-refractivity contribution is 5.56. The molecular formula is C20H22N6O2. The minimum atomic E-state index is -0.0728. The van der Waals surface area contributed by atoms with E-state index in [-0.39, 0.29) is 5.56 Å². The number of hydrogen-bond acceptors (Lipinski definition) is 7. The van der Waals surface area contributed by atoms with Crippen molar-refractivity contribution >= 4 is 5.95 Å². The summed E-state index contributed by atoms with van der Waals surface area (Å²) in [5.41, 5.74) is 1.66. The first-order valence-electron chi connectivity index (χ1n) is 9.33. The molecule has 1 saturated heterocycles. The third-order valence-electron chi connectivity index (χ3n) is 5.00. The molecule has 4 heterocycles. The van der Waals surface area contributed by atoms with Crippen molar-refractivity contribution in [2.45, 2.75) is 19.4 Å². The number of hydrogen-bond donors (Lipinski definition) is 0. The number of ether oxygens (including phenoxy) is 1. The van der Waals surface area contributed by atoms with Crippen LogP contribution in [0.1, 0.15) is 12.8 Å². The molecule has 8 heteroatoms. The number of nitrogens with zero attached hydrogens (tertiary/aromatic N) is 6. The highest BCUT2D eigenvalue weighted by Crippen LogP contribution is 2.23. The van der Waals surface area contributed by atoms with E-state index in [4.69, 9.17) is 4.74 Å². The van der Waals surface area contributed by atoms with Crippen LogP contribution in [-0.4, -0.2) is 44.9 Å². The average Bonchev–Trinajstić information content (AvgIpc) is 2.76. The van der Waals surface area contributed by atoms with Gasteiger partial charge in [0.05, 0.1) is 12.8 Å². The van der Waals surface area contributed by atoms with Gasteiger partial charge in [0.25, 0.3) is 5.56 Å². The smallest absolute Gasteiger partial charge is 0.266 e. The number of pyridine rings is 1. The molecule has 0 spiro atoms. The van der Waals surface area contributed by atoms with Crippen LogP contribution in [-0.2, 0) is 6.54 Å². The molecule has 1 aliphatic heterocycles. The second-order valence-corrected chi connectivity index (χ2v) is 6.80. The van der Waals surface area contributed by atoms with E-state index in [1.165, 1.54) is 0 Å². The van der Waals surface area contributed by atoms with Crippen molar-refractivity contribution in [2.75, 3.05) is 25.1 Å². The lowest BCUT2D eigenvalue weighted by Gasteiger charge is -2.32. The Hall–Kier alpha value is -3.29. The van der Waals surface area contributed by atoms with E-state index in [0.29, 0.717) is 24.3 Å². The molecule has 0 aliphatic carbocycles. The summed E-state index contributed by atoms with van der Waals surface area (Å²) in [4.78, 5) is 27.2. The maximum atomic E-state index is 12.3. The Balaban J connectivity index is 1.43. The van der Waals surface area contributed by atoms with Gasteiger partial charge in [0.15, 0.2) is 0 Å². The Labute approximate surface area is 162 Å². The Bertz CT molecular complexity index is 983. The fourth-order valence-electron chi connectivity index (χ4n) is 3.41. The first-order chi connectivity index (χ1) is 13.7. The Morgan fingerprint density at radius 2 is 1.86 bits per heavy atom. The van der Waals surface area contributed by atoms with E-state index in [9.17, 15) is 4.79 Å². The summed E-state index contributed by atoms with van der Waals surface area (Å²) >= 11 is 0. The lowest BCUT2D eigenvalue weighted by Crippen LogP contribution is -2.37. The second kappa shape index (κ2) is 8.16. The van der Waals surface area contributed by atoms with Crippen molar-refractivity contribution in [3.8, 4) is 17.1 Å². The standard InChI is InChI=1S/C20H22N6O2/c1-28-18-6-11-22-20(23-18)25-12-7-15(8-13-25)14-26-19(27)3-2-17(24-26)16-4-9-21-10-5-16/h2-6,9-11,15H,7-8,12-14H2,1H3. The highest BCUT2D eigenvalue weighted by Gasteiger charge is 2.22. The highest BCUT2D eigenvalue weighted by atomic mass is 16.5. The number of methoxy groups -OCH3 is 1. The van der Waals surface area contributed by atoms with Gasteiger partial charge in [0.2, 0.25) is 11.8 Å². The van der Waals surface area contributed by atoms with Gasteiger partial charge in [-0.05, 0) is 37.0 Å². The molecule has 4 rings (SSSR count). The number of rotatable bonds is 5. The molecule has 28 heavy (non-hydrogen) atoms. The zero-order valence-electron chi connectivity index (χ0n) is 15.7. The molecule has 1 aliphatic rings. The zero-order chi connectivity index (χ0) is 19.3. The van der Waals surface area contributed by atoms with Crippen molar-refractivity contribution in [2.24, 2.45) is 5.92 Å². The molecule has 3 aromatic rings. The third kappa shape index (κ3) is 4.00. The zero-order valence-corrected chi connectivity index (χ0v) is 15.7. The lowest BCUT2D eigenvalue weighted by molar-refractivity contribution is 0.333. The monoisotopic (exact) mass is 378 g/mol. The molecule has 0 radical (unpaired) electrons. The maximum Gasteiger partial charge on any atom is 0.266 e. The quantitative estimate of drug-likeness (QED) is 0.671. The summed E-state index contributed by atoms with van der Waals surface area (Å²) in [6, 6.07) is 8.87. The molecule has 144 valence electrons.